The van der Waals surface area contributed by atoms with Gasteiger partial charge in [-0.3, -0.25) is 0 Å². The molecule has 0 radical (unpaired) electrons. The van der Waals surface area contributed by atoms with Gasteiger partial charge in [0.15, 0.2) is 0 Å². The van der Waals surface area contributed by atoms with E-state index in [1.807, 2.05) is 13.8 Å². The van der Waals surface area contributed by atoms with Crippen LogP contribution in [-0.4, -0.2) is 21.9 Å². The van der Waals surface area contributed by atoms with Gasteiger partial charge in [-0.15, -0.1) is 0 Å². The monoisotopic (exact) mass is 442 g/mol. The Bertz CT molecular complexity index is 798. The summed E-state index contributed by atoms with van der Waals surface area (Å²) in [5, 5.41) is 21.4. The van der Waals surface area contributed by atoms with Crippen LogP contribution >= 0.6 is 0 Å². The second-order valence-corrected chi connectivity index (χ2v) is 14.0. The van der Waals surface area contributed by atoms with Crippen molar-refractivity contribution in [3.63, 3.8) is 0 Å². The van der Waals surface area contributed by atoms with Crippen LogP contribution in [0.25, 0.3) is 0 Å². The highest BCUT2D eigenvalue weighted by molar-refractivity contribution is 5.41. The first-order valence-electron chi connectivity index (χ1n) is 13.5. The van der Waals surface area contributed by atoms with Gasteiger partial charge in [0, 0.05) is 5.41 Å². The topological polar surface area (TPSA) is 40.5 Å². The molecule has 182 valence electrons. The Labute approximate surface area is 198 Å². The van der Waals surface area contributed by atoms with Gasteiger partial charge in [-0.25, -0.2) is 0 Å². The van der Waals surface area contributed by atoms with Gasteiger partial charge in [-0.1, -0.05) is 77.7 Å². The lowest BCUT2D eigenvalue weighted by molar-refractivity contribution is -0.0366. The van der Waals surface area contributed by atoms with Crippen molar-refractivity contribution < 1.29 is 10.2 Å². The number of aliphatic hydroxyl groups is 2. The highest BCUT2D eigenvalue weighted by Crippen LogP contribution is 2.72. The number of hydrogen-bond acceptors (Lipinski definition) is 2. The van der Waals surface area contributed by atoms with Gasteiger partial charge < -0.3 is 10.2 Å². The van der Waals surface area contributed by atoms with Gasteiger partial charge in [0.05, 0.1) is 11.7 Å². The molecule has 32 heavy (non-hydrogen) atoms. The first kappa shape index (κ1) is 24.5. The van der Waals surface area contributed by atoms with Crippen molar-refractivity contribution in [1.29, 1.82) is 0 Å². The molecule has 4 aliphatic carbocycles. The first-order valence-corrected chi connectivity index (χ1v) is 13.5. The average Bonchev–Trinajstić information content (AvgIpc) is 2.96. The Morgan fingerprint density at radius 1 is 1.03 bits per heavy atom. The average molecular weight is 443 g/mol. The zero-order chi connectivity index (χ0) is 23.7. The van der Waals surface area contributed by atoms with Crippen molar-refractivity contribution in [2.75, 3.05) is 0 Å². The SMILES string of the molecule is C[C@H](CCCC(C)(C)O)[C@H]1CC[C@@]2(C)C3=C(CC[C@]12C)[C@]1(C)C(CC3)C(C)(C)C=C[C@@H]1O. The lowest BCUT2D eigenvalue weighted by Gasteiger charge is -2.61. The van der Waals surface area contributed by atoms with Crippen LogP contribution in [0.2, 0.25) is 0 Å². The van der Waals surface area contributed by atoms with Crippen LogP contribution in [0.4, 0.5) is 0 Å². The molecule has 1 saturated carbocycles. The van der Waals surface area contributed by atoms with E-state index >= 15 is 0 Å². The number of rotatable bonds is 5. The maximum absolute atomic E-state index is 11.3. The van der Waals surface area contributed by atoms with Crippen molar-refractivity contribution in [3.8, 4) is 0 Å². The van der Waals surface area contributed by atoms with Crippen molar-refractivity contribution in [1.82, 2.24) is 0 Å². The molecule has 0 amide bonds. The standard InChI is InChI=1S/C30H50O2/c1-20(10-9-16-27(4,5)32)21-13-18-29(7)22-11-12-24-26(2,3)17-15-25(31)30(24,8)23(22)14-19-28(21,29)6/h15,17,20-21,24-25,31-32H,9-14,16,18-19H2,1-8H3/t20-,21-,24?,25+,28-,29+,30-/m1/s1. The lowest BCUT2D eigenvalue weighted by atomic mass is 9.44. The summed E-state index contributed by atoms with van der Waals surface area (Å²) in [6, 6.07) is 0. The van der Waals surface area contributed by atoms with Crippen LogP contribution < -0.4 is 0 Å². The number of fused-ring (bicyclic) bond motifs is 4. The summed E-state index contributed by atoms with van der Waals surface area (Å²) in [7, 11) is 0. The molecule has 2 heteroatoms. The molecule has 0 heterocycles. The van der Waals surface area contributed by atoms with Gasteiger partial charge in [-0.05, 0) is 92.8 Å². The van der Waals surface area contributed by atoms with E-state index in [1.165, 1.54) is 44.9 Å². The molecule has 1 fully saturated rings. The first-order chi connectivity index (χ1) is 14.7. The minimum Gasteiger partial charge on any atom is -0.390 e. The Kier molecular flexibility index (Phi) is 5.90. The van der Waals surface area contributed by atoms with Gasteiger partial charge in [0.2, 0.25) is 0 Å². The number of allylic oxidation sites excluding steroid dienone is 2. The third-order valence-corrected chi connectivity index (χ3v) is 11.4. The van der Waals surface area contributed by atoms with Crippen LogP contribution in [-0.2, 0) is 0 Å². The summed E-state index contributed by atoms with van der Waals surface area (Å²) in [5.74, 6) is 2.00. The molecule has 0 aromatic carbocycles. The van der Waals surface area contributed by atoms with E-state index in [9.17, 15) is 10.2 Å². The normalized spacial score (nSPS) is 44.1. The summed E-state index contributed by atoms with van der Waals surface area (Å²) < 4.78 is 0. The van der Waals surface area contributed by atoms with E-state index < -0.39 is 5.60 Å². The molecule has 0 aromatic heterocycles. The van der Waals surface area contributed by atoms with Gasteiger partial charge >= 0.3 is 0 Å². The van der Waals surface area contributed by atoms with Crippen molar-refractivity contribution in [2.45, 2.75) is 125 Å². The molecule has 4 rings (SSSR count). The zero-order valence-corrected chi connectivity index (χ0v) is 22.2. The number of aliphatic hydroxyl groups excluding tert-OH is 1. The molecule has 7 atom stereocenters. The summed E-state index contributed by atoms with van der Waals surface area (Å²) in [6.07, 6.45) is 14.8. The summed E-state index contributed by atoms with van der Waals surface area (Å²) in [5.41, 5.74) is 3.50. The van der Waals surface area contributed by atoms with Crippen molar-refractivity contribution in [3.05, 3.63) is 23.3 Å². The summed E-state index contributed by atoms with van der Waals surface area (Å²) in [6.45, 7) is 18.7. The van der Waals surface area contributed by atoms with E-state index in [1.54, 1.807) is 11.1 Å². The predicted molar refractivity (Wildman–Crippen MR) is 134 cm³/mol. The minimum absolute atomic E-state index is 0.105. The molecule has 0 aromatic rings. The lowest BCUT2D eigenvalue weighted by Crippen LogP contribution is -2.54. The fourth-order valence-electron chi connectivity index (χ4n) is 9.26. The summed E-state index contributed by atoms with van der Waals surface area (Å²) in [4.78, 5) is 0. The second kappa shape index (κ2) is 7.70. The minimum atomic E-state index is -0.546. The van der Waals surface area contributed by atoms with E-state index in [0.717, 1.165) is 18.8 Å². The van der Waals surface area contributed by atoms with Crippen LogP contribution in [0.5, 0.6) is 0 Å². The maximum Gasteiger partial charge on any atom is 0.0814 e. The fraction of sp³-hybridized carbons (Fsp3) is 0.867. The molecule has 2 nitrogen and oxygen atoms in total. The molecule has 2 N–H and O–H groups in total. The van der Waals surface area contributed by atoms with Gasteiger partial charge in [0.25, 0.3) is 0 Å². The molecule has 0 saturated heterocycles. The highest BCUT2D eigenvalue weighted by atomic mass is 16.3. The molecular formula is C30H50O2. The summed E-state index contributed by atoms with van der Waals surface area (Å²) >= 11 is 0. The zero-order valence-electron chi connectivity index (χ0n) is 22.2. The van der Waals surface area contributed by atoms with Gasteiger partial charge in [-0.2, -0.15) is 0 Å². The Hall–Kier alpha value is -0.600. The highest BCUT2D eigenvalue weighted by Gasteiger charge is 2.63. The van der Waals surface area contributed by atoms with Gasteiger partial charge in [0.1, 0.15) is 0 Å². The van der Waals surface area contributed by atoms with E-state index in [0.29, 0.717) is 17.3 Å². The smallest absolute Gasteiger partial charge is 0.0814 e. The van der Waals surface area contributed by atoms with Crippen molar-refractivity contribution in [2.24, 2.45) is 39.4 Å². The number of hydrogen-bond donors (Lipinski definition) is 2. The largest absolute Gasteiger partial charge is 0.390 e. The third-order valence-electron chi connectivity index (χ3n) is 11.4. The molecular weight excluding hydrogens is 392 g/mol. The molecule has 4 aliphatic rings. The van der Waals surface area contributed by atoms with Crippen molar-refractivity contribution >= 4 is 0 Å². The van der Waals surface area contributed by atoms with Crippen LogP contribution in [0.3, 0.4) is 0 Å². The second-order valence-electron chi connectivity index (χ2n) is 14.0. The predicted octanol–water partition coefficient (Wildman–Crippen LogP) is 7.45. The molecule has 0 bridgehead atoms. The quantitative estimate of drug-likeness (QED) is 0.434. The Morgan fingerprint density at radius 2 is 1.72 bits per heavy atom. The Morgan fingerprint density at radius 3 is 2.38 bits per heavy atom. The molecule has 1 unspecified atom stereocenters. The van der Waals surface area contributed by atoms with E-state index in [4.69, 9.17) is 0 Å². The van der Waals surface area contributed by atoms with E-state index in [-0.39, 0.29) is 22.3 Å². The van der Waals surface area contributed by atoms with Crippen LogP contribution in [0.1, 0.15) is 113 Å². The van der Waals surface area contributed by atoms with Crippen LogP contribution in [0, 0.1) is 39.4 Å². The fourth-order valence-corrected chi connectivity index (χ4v) is 9.26. The van der Waals surface area contributed by atoms with Crippen LogP contribution in [0.15, 0.2) is 23.3 Å². The Balaban J connectivity index is 1.64. The maximum atomic E-state index is 11.3. The third kappa shape index (κ3) is 3.49. The molecule has 0 spiro atoms. The molecule has 0 aliphatic heterocycles. The van der Waals surface area contributed by atoms with E-state index in [2.05, 4.69) is 53.7 Å².